The van der Waals surface area contributed by atoms with Crippen LogP contribution in [-0.2, 0) is 0 Å². The second-order valence-electron chi connectivity index (χ2n) is 2.88. The molecule has 0 saturated carbocycles. The van der Waals surface area contributed by atoms with Crippen molar-refractivity contribution in [3.63, 3.8) is 0 Å². The van der Waals surface area contributed by atoms with Gasteiger partial charge in [-0.15, -0.1) is 11.8 Å². The van der Waals surface area contributed by atoms with Crippen molar-refractivity contribution in [3.05, 3.63) is 28.8 Å². The van der Waals surface area contributed by atoms with Crippen LogP contribution in [0.25, 0.3) is 0 Å². The summed E-state index contributed by atoms with van der Waals surface area (Å²) in [6.07, 6.45) is -4.30. The first-order chi connectivity index (χ1) is 7.28. The number of benzene rings is 1. The summed E-state index contributed by atoms with van der Waals surface area (Å²) < 4.78 is 35.8. The Kier molecular flexibility index (Phi) is 4.09. The lowest BCUT2D eigenvalue weighted by atomic mass is 10.2. The molecule has 0 aliphatic carbocycles. The molecule has 88 valence electrons. The molecule has 2 nitrogen and oxygen atoms in total. The van der Waals surface area contributed by atoms with Crippen LogP contribution in [0.4, 0.5) is 13.2 Å². The van der Waals surface area contributed by atoms with E-state index in [0.29, 0.717) is 11.8 Å². The van der Waals surface area contributed by atoms with Crippen LogP contribution in [0.15, 0.2) is 23.1 Å². The number of alkyl halides is 3. The molecular formula is C9H6ClF3O2S. The molecular weight excluding hydrogens is 265 g/mol. The third-order valence-electron chi connectivity index (χ3n) is 1.52. The third-order valence-corrected chi connectivity index (χ3v) is 2.78. The number of hydrogen-bond acceptors (Lipinski definition) is 2. The van der Waals surface area contributed by atoms with Gasteiger partial charge in [-0.1, -0.05) is 11.6 Å². The molecule has 1 N–H and O–H groups in total. The van der Waals surface area contributed by atoms with Gasteiger partial charge in [0, 0.05) is 9.92 Å². The summed E-state index contributed by atoms with van der Waals surface area (Å²) in [5.74, 6) is -2.30. The van der Waals surface area contributed by atoms with Crippen molar-refractivity contribution in [1.29, 1.82) is 0 Å². The maximum atomic E-state index is 11.9. The van der Waals surface area contributed by atoms with E-state index < -0.39 is 17.9 Å². The second kappa shape index (κ2) is 4.97. The number of carboxylic acid groups (broad SMARTS) is 1. The van der Waals surface area contributed by atoms with Crippen molar-refractivity contribution >= 4 is 29.3 Å². The molecule has 0 spiro atoms. The molecule has 0 saturated heterocycles. The van der Waals surface area contributed by atoms with Gasteiger partial charge in [-0.05, 0) is 18.2 Å². The molecule has 0 atom stereocenters. The van der Waals surface area contributed by atoms with Crippen LogP contribution < -0.4 is 0 Å². The summed E-state index contributed by atoms with van der Waals surface area (Å²) >= 11 is 6.09. The van der Waals surface area contributed by atoms with Crippen molar-refractivity contribution in [2.24, 2.45) is 0 Å². The number of aromatic carboxylic acids is 1. The quantitative estimate of drug-likeness (QED) is 0.851. The fraction of sp³-hybridized carbons (Fsp3) is 0.222. The average Bonchev–Trinajstić information content (AvgIpc) is 2.13. The smallest absolute Gasteiger partial charge is 0.398 e. The van der Waals surface area contributed by atoms with Gasteiger partial charge < -0.3 is 5.11 Å². The van der Waals surface area contributed by atoms with E-state index in [0.717, 1.165) is 6.07 Å². The number of hydrogen-bond donors (Lipinski definition) is 1. The average molecular weight is 271 g/mol. The molecule has 0 radical (unpaired) electrons. The van der Waals surface area contributed by atoms with Gasteiger partial charge in [-0.3, -0.25) is 0 Å². The van der Waals surface area contributed by atoms with Crippen molar-refractivity contribution in [1.82, 2.24) is 0 Å². The highest BCUT2D eigenvalue weighted by atomic mass is 35.5. The van der Waals surface area contributed by atoms with Crippen molar-refractivity contribution in [2.75, 3.05) is 5.75 Å². The molecule has 0 amide bonds. The normalized spacial score (nSPS) is 11.5. The highest BCUT2D eigenvalue weighted by Crippen LogP contribution is 2.29. The standard InChI is InChI=1S/C9H6ClF3O2S/c10-6-1-5(8(14)15)2-7(3-6)16-4-9(11,12)13/h1-3H,4H2,(H,14,15). The molecule has 0 bridgehead atoms. The second-order valence-corrected chi connectivity index (χ2v) is 4.37. The van der Waals surface area contributed by atoms with Gasteiger partial charge in [0.1, 0.15) is 0 Å². The van der Waals surface area contributed by atoms with Gasteiger partial charge in [0.15, 0.2) is 0 Å². The zero-order valence-electron chi connectivity index (χ0n) is 7.71. The minimum atomic E-state index is -4.30. The topological polar surface area (TPSA) is 37.3 Å². The van der Waals surface area contributed by atoms with Gasteiger partial charge in [-0.2, -0.15) is 13.2 Å². The molecule has 1 aromatic carbocycles. The van der Waals surface area contributed by atoms with E-state index in [1.807, 2.05) is 0 Å². The zero-order chi connectivity index (χ0) is 12.3. The molecule has 16 heavy (non-hydrogen) atoms. The Morgan fingerprint density at radius 2 is 2.00 bits per heavy atom. The van der Waals surface area contributed by atoms with Crippen molar-refractivity contribution in [3.8, 4) is 0 Å². The van der Waals surface area contributed by atoms with Gasteiger partial charge in [0.05, 0.1) is 11.3 Å². The predicted molar refractivity (Wildman–Crippen MR) is 55.2 cm³/mol. The van der Waals surface area contributed by atoms with Crippen LogP contribution in [0.1, 0.15) is 10.4 Å². The molecule has 7 heteroatoms. The molecule has 1 aromatic rings. The summed E-state index contributed by atoms with van der Waals surface area (Å²) in [7, 11) is 0. The van der Waals surface area contributed by atoms with Gasteiger partial charge in [0.2, 0.25) is 0 Å². The highest BCUT2D eigenvalue weighted by molar-refractivity contribution is 7.99. The maximum Gasteiger partial charge on any atom is 0.398 e. The van der Waals surface area contributed by atoms with E-state index in [9.17, 15) is 18.0 Å². The summed E-state index contributed by atoms with van der Waals surface area (Å²) in [5.41, 5.74) is -0.128. The minimum Gasteiger partial charge on any atom is -0.478 e. The number of carbonyl (C=O) groups is 1. The van der Waals surface area contributed by atoms with Crippen molar-refractivity contribution < 1.29 is 23.1 Å². The largest absolute Gasteiger partial charge is 0.478 e. The fourth-order valence-electron chi connectivity index (χ4n) is 0.935. The Morgan fingerprint density at radius 3 is 2.50 bits per heavy atom. The van der Waals surface area contributed by atoms with E-state index in [2.05, 4.69) is 0 Å². The molecule has 0 aliphatic heterocycles. The van der Waals surface area contributed by atoms with Crippen LogP contribution in [0.5, 0.6) is 0 Å². The Labute approximate surface area is 98.4 Å². The van der Waals surface area contributed by atoms with E-state index >= 15 is 0 Å². The summed E-state index contributed by atoms with van der Waals surface area (Å²) in [6, 6.07) is 3.64. The van der Waals surface area contributed by atoms with Crippen LogP contribution in [0.2, 0.25) is 5.02 Å². The predicted octanol–water partition coefficient (Wildman–Crippen LogP) is 3.69. The Morgan fingerprint density at radius 1 is 1.38 bits per heavy atom. The first-order valence-corrected chi connectivity index (χ1v) is 5.38. The highest BCUT2D eigenvalue weighted by Gasteiger charge is 2.27. The summed E-state index contributed by atoms with van der Waals surface area (Å²) in [6.45, 7) is 0. The molecule has 0 aliphatic rings. The Bertz CT molecular complexity index is 406. The lowest BCUT2D eigenvalue weighted by Crippen LogP contribution is -2.10. The molecule has 0 heterocycles. The molecule has 0 aromatic heterocycles. The molecule has 0 fully saturated rings. The Balaban J connectivity index is 2.85. The Hall–Kier alpha value is -0.880. The lowest BCUT2D eigenvalue weighted by Gasteiger charge is -2.06. The SMILES string of the molecule is O=C(O)c1cc(Cl)cc(SCC(F)(F)F)c1. The van der Waals surface area contributed by atoms with E-state index in [-0.39, 0.29) is 15.5 Å². The summed E-state index contributed by atoms with van der Waals surface area (Å²) in [4.78, 5) is 10.8. The first kappa shape index (κ1) is 13.2. The van der Waals surface area contributed by atoms with Crippen LogP contribution in [-0.4, -0.2) is 23.0 Å². The van der Waals surface area contributed by atoms with E-state index in [1.54, 1.807) is 0 Å². The monoisotopic (exact) mass is 270 g/mol. The van der Waals surface area contributed by atoms with Crippen LogP contribution in [0.3, 0.4) is 0 Å². The van der Waals surface area contributed by atoms with Crippen molar-refractivity contribution in [2.45, 2.75) is 11.1 Å². The minimum absolute atomic E-state index is 0.101. The first-order valence-electron chi connectivity index (χ1n) is 4.01. The number of halogens is 4. The number of thioether (sulfide) groups is 1. The van der Waals surface area contributed by atoms with E-state index in [4.69, 9.17) is 16.7 Å². The van der Waals surface area contributed by atoms with Crippen LogP contribution in [0, 0.1) is 0 Å². The molecule has 0 unspecified atom stereocenters. The fourth-order valence-corrected chi connectivity index (χ4v) is 1.99. The van der Waals surface area contributed by atoms with Gasteiger partial charge in [0.25, 0.3) is 0 Å². The van der Waals surface area contributed by atoms with Gasteiger partial charge in [-0.25, -0.2) is 4.79 Å². The number of carboxylic acids is 1. The zero-order valence-corrected chi connectivity index (χ0v) is 9.29. The summed E-state index contributed by atoms with van der Waals surface area (Å²) in [5, 5.41) is 8.77. The lowest BCUT2D eigenvalue weighted by molar-refractivity contribution is -0.105. The van der Waals surface area contributed by atoms with Gasteiger partial charge >= 0.3 is 12.1 Å². The van der Waals surface area contributed by atoms with E-state index in [1.165, 1.54) is 12.1 Å². The maximum absolute atomic E-state index is 11.9. The third kappa shape index (κ3) is 4.32. The molecule has 1 rings (SSSR count). The number of rotatable bonds is 3. The van der Waals surface area contributed by atoms with Crippen LogP contribution >= 0.6 is 23.4 Å².